The number of nitrogens with zero attached hydrogens (tertiary/aromatic N) is 4. The number of guanidine groups is 1. The summed E-state index contributed by atoms with van der Waals surface area (Å²) in [5, 5.41) is 8.47. The third kappa shape index (κ3) is 5.51. The molecule has 0 aliphatic carbocycles. The summed E-state index contributed by atoms with van der Waals surface area (Å²) in [7, 11) is 0. The zero-order valence-electron chi connectivity index (χ0n) is 17.1. The minimum Gasteiger partial charge on any atom is -0.364 e. The molecule has 0 saturated carbocycles. The molecule has 4 rings (SSSR count). The average Bonchev–Trinajstić information content (AvgIpc) is 3.38. The number of rotatable bonds is 6. The van der Waals surface area contributed by atoms with Crippen LogP contribution < -0.4 is 5.32 Å². The van der Waals surface area contributed by atoms with Crippen molar-refractivity contribution < 1.29 is 8.91 Å². The summed E-state index contributed by atoms with van der Waals surface area (Å²) in [6, 6.07) is 6.78. The van der Waals surface area contributed by atoms with Crippen LogP contribution in [-0.2, 0) is 13.0 Å². The van der Waals surface area contributed by atoms with E-state index in [-0.39, 0.29) is 29.8 Å². The molecule has 0 radical (unpaired) electrons. The van der Waals surface area contributed by atoms with Gasteiger partial charge in [-0.25, -0.2) is 4.39 Å². The van der Waals surface area contributed by atoms with E-state index in [9.17, 15) is 4.39 Å². The third-order valence-corrected chi connectivity index (χ3v) is 5.26. The molecule has 0 atom stereocenters. The Morgan fingerprint density at radius 1 is 1.27 bits per heavy atom. The topological polar surface area (TPSA) is 72.7 Å². The van der Waals surface area contributed by atoms with Crippen LogP contribution in [0.2, 0.25) is 0 Å². The Morgan fingerprint density at radius 2 is 2.10 bits per heavy atom. The number of piperazine rings is 1. The van der Waals surface area contributed by atoms with Crippen molar-refractivity contribution in [3.8, 4) is 0 Å². The van der Waals surface area contributed by atoms with Crippen LogP contribution in [0.15, 0.2) is 46.2 Å². The molecule has 1 aromatic carbocycles. The third-order valence-electron chi connectivity index (χ3n) is 5.26. The standard InChI is InChI=1S/C21H27FN6O.HI/c1-2-23-21(28-10-8-27(9-11-28)15-18-6-12-29-26-18)24-7-5-16-14-25-20-13-17(22)3-4-19(16)20;/h3-4,6,12-14,25H,2,5,7-11,15H2,1H3,(H,23,24);1H. The lowest BCUT2D eigenvalue weighted by atomic mass is 10.1. The summed E-state index contributed by atoms with van der Waals surface area (Å²) >= 11 is 0. The summed E-state index contributed by atoms with van der Waals surface area (Å²) in [4.78, 5) is 12.7. The Kier molecular flexibility index (Phi) is 8.08. The van der Waals surface area contributed by atoms with Crippen LogP contribution in [0.5, 0.6) is 0 Å². The summed E-state index contributed by atoms with van der Waals surface area (Å²) in [5.41, 5.74) is 2.97. The Bertz CT molecular complexity index is 950. The maximum atomic E-state index is 13.4. The number of aromatic nitrogens is 2. The number of hydrogen-bond donors (Lipinski definition) is 2. The van der Waals surface area contributed by atoms with Gasteiger partial charge in [-0.15, -0.1) is 24.0 Å². The van der Waals surface area contributed by atoms with Gasteiger partial charge in [0.15, 0.2) is 5.96 Å². The second kappa shape index (κ2) is 10.8. The Morgan fingerprint density at radius 3 is 2.83 bits per heavy atom. The van der Waals surface area contributed by atoms with Crippen LogP contribution in [-0.4, -0.2) is 65.2 Å². The molecule has 162 valence electrons. The molecule has 0 amide bonds. The summed E-state index contributed by atoms with van der Waals surface area (Å²) in [6.45, 7) is 8.21. The van der Waals surface area contributed by atoms with Gasteiger partial charge in [0, 0.05) is 69.0 Å². The molecular weight excluding hydrogens is 498 g/mol. The number of hydrogen-bond acceptors (Lipinski definition) is 4. The highest BCUT2D eigenvalue weighted by Crippen LogP contribution is 2.19. The molecule has 1 aliphatic heterocycles. The lowest BCUT2D eigenvalue weighted by Crippen LogP contribution is -2.52. The molecule has 2 N–H and O–H groups in total. The first-order valence-electron chi connectivity index (χ1n) is 10.1. The average molecular weight is 526 g/mol. The molecule has 30 heavy (non-hydrogen) atoms. The maximum absolute atomic E-state index is 13.4. The lowest BCUT2D eigenvalue weighted by molar-refractivity contribution is 0.169. The van der Waals surface area contributed by atoms with Crippen LogP contribution in [0.1, 0.15) is 18.2 Å². The number of fused-ring (bicyclic) bond motifs is 1. The second-order valence-electron chi connectivity index (χ2n) is 7.24. The van der Waals surface area contributed by atoms with E-state index in [0.717, 1.165) is 73.8 Å². The summed E-state index contributed by atoms with van der Waals surface area (Å²) in [5.74, 6) is 0.737. The Balaban J connectivity index is 0.00000256. The van der Waals surface area contributed by atoms with Gasteiger partial charge in [-0.2, -0.15) is 0 Å². The molecule has 0 unspecified atom stereocenters. The van der Waals surface area contributed by atoms with Gasteiger partial charge in [-0.1, -0.05) is 5.16 Å². The van der Waals surface area contributed by atoms with Crippen molar-refractivity contribution in [2.45, 2.75) is 19.9 Å². The minimum atomic E-state index is -0.221. The Labute approximate surface area is 192 Å². The first-order chi connectivity index (χ1) is 14.2. The number of H-pyrrole nitrogens is 1. The van der Waals surface area contributed by atoms with Gasteiger partial charge in [-0.3, -0.25) is 9.89 Å². The maximum Gasteiger partial charge on any atom is 0.194 e. The molecule has 1 aliphatic rings. The summed E-state index contributed by atoms with van der Waals surface area (Å²) in [6.07, 6.45) is 4.38. The van der Waals surface area contributed by atoms with E-state index in [0.29, 0.717) is 6.54 Å². The molecule has 3 aromatic rings. The van der Waals surface area contributed by atoms with Gasteiger partial charge in [0.2, 0.25) is 0 Å². The van der Waals surface area contributed by atoms with Crippen molar-refractivity contribution in [2.24, 2.45) is 4.99 Å². The normalized spacial score (nSPS) is 15.4. The number of aliphatic imine (C=N–C) groups is 1. The monoisotopic (exact) mass is 526 g/mol. The van der Waals surface area contributed by atoms with Gasteiger partial charge in [0.25, 0.3) is 0 Å². The minimum absolute atomic E-state index is 0. The molecular formula is C21H28FIN6O. The molecule has 1 saturated heterocycles. The fourth-order valence-electron chi connectivity index (χ4n) is 3.74. The van der Waals surface area contributed by atoms with Gasteiger partial charge >= 0.3 is 0 Å². The van der Waals surface area contributed by atoms with Gasteiger partial charge < -0.3 is 19.7 Å². The van der Waals surface area contributed by atoms with Crippen molar-refractivity contribution in [2.75, 3.05) is 39.3 Å². The highest BCUT2D eigenvalue weighted by atomic mass is 127. The van der Waals surface area contributed by atoms with Crippen LogP contribution in [0.3, 0.4) is 0 Å². The first-order valence-corrected chi connectivity index (χ1v) is 10.1. The van der Waals surface area contributed by atoms with E-state index in [1.54, 1.807) is 6.26 Å². The highest BCUT2D eigenvalue weighted by Gasteiger charge is 2.20. The molecule has 0 bridgehead atoms. The van der Waals surface area contributed by atoms with Crippen molar-refractivity contribution in [3.63, 3.8) is 0 Å². The van der Waals surface area contributed by atoms with Crippen molar-refractivity contribution in [1.29, 1.82) is 0 Å². The fourth-order valence-corrected chi connectivity index (χ4v) is 3.74. The zero-order chi connectivity index (χ0) is 20.1. The van der Waals surface area contributed by atoms with E-state index in [2.05, 4.69) is 32.2 Å². The van der Waals surface area contributed by atoms with Crippen molar-refractivity contribution in [1.82, 2.24) is 25.3 Å². The molecule has 7 nitrogen and oxygen atoms in total. The quantitative estimate of drug-likeness (QED) is 0.293. The fraction of sp³-hybridized carbons (Fsp3) is 0.429. The van der Waals surface area contributed by atoms with Gasteiger partial charge in [0.1, 0.15) is 12.1 Å². The van der Waals surface area contributed by atoms with E-state index >= 15 is 0 Å². The predicted octanol–water partition coefficient (Wildman–Crippen LogP) is 3.24. The van der Waals surface area contributed by atoms with E-state index in [1.807, 2.05) is 18.3 Å². The van der Waals surface area contributed by atoms with Crippen LogP contribution >= 0.6 is 24.0 Å². The number of aromatic amines is 1. The SMILES string of the molecule is CCNC(=NCCc1c[nH]c2cc(F)ccc12)N1CCN(Cc2ccon2)CC1.I. The highest BCUT2D eigenvalue weighted by molar-refractivity contribution is 14.0. The number of halogens is 2. The Hall–Kier alpha value is -2.14. The largest absolute Gasteiger partial charge is 0.364 e. The van der Waals surface area contributed by atoms with Crippen LogP contribution in [0.4, 0.5) is 4.39 Å². The van der Waals surface area contributed by atoms with Gasteiger partial charge in [0.05, 0.1) is 5.69 Å². The number of benzene rings is 1. The lowest BCUT2D eigenvalue weighted by Gasteiger charge is -2.36. The predicted molar refractivity (Wildman–Crippen MR) is 127 cm³/mol. The van der Waals surface area contributed by atoms with Crippen LogP contribution in [0, 0.1) is 5.82 Å². The second-order valence-corrected chi connectivity index (χ2v) is 7.24. The molecule has 1 fully saturated rings. The van der Waals surface area contributed by atoms with Crippen LogP contribution in [0.25, 0.3) is 10.9 Å². The van der Waals surface area contributed by atoms with E-state index in [1.165, 1.54) is 12.1 Å². The number of nitrogens with one attached hydrogen (secondary N) is 2. The van der Waals surface area contributed by atoms with Crippen molar-refractivity contribution >= 4 is 40.8 Å². The molecule has 0 spiro atoms. The van der Waals surface area contributed by atoms with E-state index < -0.39 is 0 Å². The molecule has 9 heteroatoms. The molecule has 3 heterocycles. The van der Waals surface area contributed by atoms with Crippen molar-refractivity contribution in [3.05, 3.63) is 53.8 Å². The smallest absolute Gasteiger partial charge is 0.194 e. The van der Waals surface area contributed by atoms with E-state index in [4.69, 9.17) is 9.52 Å². The van der Waals surface area contributed by atoms with Gasteiger partial charge in [-0.05, 0) is 37.1 Å². The zero-order valence-corrected chi connectivity index (χ0v) is 19.4. The molecule has 2 aromatic heterocycles. The first kappa shape index (κ1) is 22.5. The summed E-state index contributed by atoms with van der Waals surface area (Å²) < 4.78 is 18.3.